The molecule has 0 bridgehead atoms. The Hall–Kier alpha value is -1.69. The number of nitrogens with zero attached hydrogens (tertiary/aromatic N) is 4. The van der Waals surface area contributed by atoms with Gasteiger partial charge in [-0.25, -0.2) is 4.98 Å². The van der Waals surface area contributed by atoms with Crippen LogP contribution in [0.15, 0.2) is 12.3 Å². The summed E-state index contributed by atoms with van der Waals surface area (Å²) in [5.41, 5.74) is 0.947. The number of nitro groups is 1. The van der Waals surface area contributed by atoms with Crippen LogP contribution in [-0.4, -0.2) is 47.5 Å². The van der Waals surface area contributed by atoms with Crippen molar-refractivity contribution in [2.75, 3.05) is 37.6 Å². The Balaban J connectivity index is 2.09. The molecule has 2 heterocycles. The van der Waals surface area contributed by atoms with Gasteiger partial charge in [0.2, 0.25) is 5.82 Å². The van der Waals surface area contributed by atoms with E-state index in [0.717, 1.165) is 44.7 Å². The number of pyridine rings is 1. The topological polar surface area (TPSA) is 62.5 Å². The number of aryl methyl sites for hydroxylation is 1. The van der Waals surface area contributed by atoms with Crippen molar-refractivity contribution in [3.05, 3.63) is 27.9 Å². The van der Waals surface area contributed by atoms with Crippen molar-refractivity contribution in [2.24, 2.45) is 5.92 Å². The van der Waals surface area contributed by atoms with E-state index >= 15 is 0 Å². The zero-order valence-electron chi connectivity index (χ0n) is 13.1. The molecule has 6 nitrogen and oxygen atoms in total. The zero-order valence-corrected chi connectivity index (χ0v) is 13.1. The normalized spacial score (nSPS) is 18.5. The van der Waals surface area contributed by atoms with Crippen molar-refractivity contribution in [3.8, 4) is 0 Å². The number of anilines is 1. The molecular formula is C15H24N4O2. The predicted octanol–water partition coefficient (Wildman–Crippen LogP) is 2.47. The third kappa shape index (κ3) is 3.69. The summed E-state index contributed by atoms with van der Waals surface area (Å²) >= 11 is 0. The van der Waals surface area contributed by atoms with Crippen LogP contribution >= 0.6 is 0 Å². The first-order chi connectivity index (χ1) is 10.0. The van der Waals surface area contributed by atoms with Gasteiger partial charge < -0.3 is 9.80 Å². The van der Waals surface area contributed by atoms with Gasteiger partial charge in [0, 0.05) is 31.9 Å². The Morgan fingerprint density at radius 1 is 1.48 bits per heavy atom. The maximum Gasteiger partial charge on any atom is 0.311 e. The molecule has 0 N–H and O–H groups in total. The van der Waals surface area contributed by atoms with Crippen molar-refractivity contribution in [1.29, 1.82) is 0 Å². The summed E-state index contributed by atoms with van der Waals surface area (Å²) in [5, 5.41) is 11.2. The molecule has 0 amide bonds. The Labute approximate surface area is 125 Å². The largest absolute Gasteiger partial charge is 0.351 e. The van der Waals surface area contributed by atoms with E-state index in [9.17, 15) is 10.1 Å². The lowest BCUT2D eigenvalue weighted by atomic mass is 10.1. The lowest BCUT2D eigenvalue weighted by Gasteiger charge is -2.23. The van der Waals surface area contributed by atoms with Crippen molar-refractivity contribution in [1.82, 2.24) is 9.88 Å². The number of aromatic nitrogens is 1. The van der Waals surface area contributed by atoms with E-state index in [1.54, 1.807) is 12.3 Å². The minimum Gasteiger partial charge on any atom is -0.351 e. The molecule has 0 saturated carbocycles. The van der Waals surface area contributed by atoms with Gasteiger partial charge in [0.25, 0.3) is 0 Å². The molecule has 1 aromatic heterocycles. The van der Waals surface area contributed by atoms with E-state index in [-0.39, 0.29) is 10.6 Å². The van der Waals surface area contributed by atoms with Crippen molar-refractivity contribution in [2.45, 2.75) is 27.2 Å². The summed E-state index contributed by atoms with van der Waals surface area (Å²) in [6.07, 6.45) is 2.78. The van der Waals surface area contributed by atoms with Gasteiger partial charge in [0.05, 0.1) is 4.92 Å². The van der Waals surface area contributed by atoms with Crippen molar-refractivity contribution < 1.29 is 4.92 Å². The summed E-state index contributed by atoms with van der Waals surface area (Å²) < 4.78 is 0. The smallest absolute Gasteiger partial charge is 0.311 e. The Morgan fingerprint density at radius 2 is 2.19 bits per heavy atom. The number of hydrogen-bond acceptors (Lipinski definition) is 5. The summed E-state index contributed by atoms with van der Waals surface area (Å²) in [4.78, 5) is 19.7. The fourth-order valence-electron chi connectivity index (χ4n) is 2.95. The second kappa shape index (κ2) is 6.85. The molecule has 1 atom stereocenters. The molecular weight excluding hydrogens is 268 g/mol. The number of rotatable bonds is 6. The highest BCUT2D eigenvalue weighted by molar-refractivity contribution is 5.59. The van der Waals surface area contributed by atoms with Gasteiger partial charge in [-0.15, -0.1) is 0 Å². The molecule has 1 saturated heterocycles. The lowest BCUT2D eigenvalue weighted by Crippen LogP contribution is -2.31. The first-order valence-corrected chi connectivity index (χ1v) is 7.63. The van der Waals surface area contributed by atoms with Crippen LogP contribution in [0.1, 0.15) is 25.8 Å². The minimum atomic E-state index is -0.326. The van der Waals surface area contributed by atoms with Crippen LogP contribution in [0.25, 0.3) is 0 Å². The first kappa shape index (κ1) is 15.7. The zero-order chi connectivity index (χ0) is 15.4. The van der Waals surface area contributed by atoms with Crippen LogP contribution in [0.5, 0.6) is 0 Å². The Kier molecular flexibility index (Phi) is 5.12. The molecule has 1 aliphatic heterocycles. The third-order valence-electron chi connectivity index (χ3n) is 4.18. The molecule has 0 radical (unpaired) electrons. The fraction of sp³-hybridized carbons (Fsp3) is 0.667. The van der Waals surface area contributed by atoms with Gasteiger partial charge in [-0.2, -0.15) is 0 Å². The second-order valence-electron chi connectivity index (χ2n) is 5.70. The number of hydrogen-bond donors (Lipinski definition) is 0. The van der Waals surface area contributed by atoms with E-state index in [2.05, 4.69) is 28.6 Å². The van der Waals surface area contributed by atoms with Gasteiger partial charge in [-0.1, -0.05) is 13.8 Å². The molecule has 1 aliphatic rings. The molecule has 1 aromatic rings. The van der Waals surface area contributed by atoms with E-state index in [0.29, 0.717) is 11.7 Å². The molecule has 116 valence electrons. The maximum atomic E-state index is 11.2. The average Bonchev–Trinajstić information content (AvgIpc) is 2.93. The van der Waals surface area contributed by atoms with E-state index in [1.807, 2.05) is 6.92 Å². The van der Waals surface area contributed by atoms with Crippen molar-refractivity contribution in [3.63, 3.8) is 0 Å². The highest BCUT2D eigenvalue weighted by Gasteiger charge is 2.29. The van der Waals surface area contributed by atoms with Gasteiger partial charge in [-0.3, -0.25) is 10.1 Å². The van der Waals surface area contributed by atoms with Gasteiger partial charge in [0.1, 0.15) is 0 Å². The molecule has 1 fully saturated rings. The van der Waals surface area contributed by atoms with Gasteiger partial charge in [0.15, 0.2) is 0 Å². The van der Waals surface area contributed by atoms with Crippen LogP contribution < -0.4 is 4.90 Å². The molecule has 1 unspecified atom stereocenters. The van der Waals surface area contributed by atoms with Crippen LogP contribution in [0.4, 0.5) is 11.5 Å². The van der Waals surface area contributed by atoms with Crippen LogP contribution in [-0.2, 0) is 0 Å². The summed E-state index contributed by atoms with van der Waals surface area (Å²) in [6.45, 7) is 11.0. The maximum absolute atomic E-state index is 11.2. The summed E-state index contributed by atoms with van der Waals surface area (Å²) in [6, 6.07) is 1.61. The van der Waals surface area contributed by atoms with Gasteiger partial charge in [-0.05, 0) is 37.9 Å². The monoisotopic (exact) mass is 292 g/mol. The van der Waals surface area contributed by atoms with Crippen LogP contribution in [0.3, 0.4) is 0 Å². The molecule has 0 aromatic carbocycles. The minimum absolute atomic E-state index is 0.124. The van der Waals surface area contributed by atoms with Crippen LogP contribution in [0.2, 0.25) is 0 Å². The first-order valence-electron chi connectivity index (χ1n) is 7.63. The molecule has 0 aliphatic carbocycles. The van der Waals surface area contributed by atoms with E-state index in [4.69, 9.17) is 0 Å². The Bertz CT molecular complexity index is 502. The molecule has 21 heavy (non-hydrogen) atoms. The van der Waals surface area contributed by atoms with Crippen LogP contribution in [0, 0.1) is 23.0 Å². The fourth-order valence-corrected chi connectivity index (χ4v) is 2.95. The summed E-state index contributed by atoms with van der Waals surface area (Å²) in [7, 11) is 0. The average molecular weight is 292 g/mol. The molecule has 6 heteroatoms. The highest BCUT2D eigenvalue weighted by Crippen LogP contribution is 2.30. The quantitative estimate of drug-likeness (QED) is 0.595. The van der Waals surface area contributed by atoms with Gasteiger partial charge >= 0.3 is 5.69 Å². The predicted molar refractivity (Wildman–Crippen MR) is 83.7 cm³/mol. The van der Waals surface area contributed by atoms with Crippen molar-refractivity contribution >= 4 is 11.5 Å². The standard InChI is InChI=1S/C15H24N4O2/c1-4-17(5-2)10-13-6-7-18(11-13)15-14(19(20)21)8-12(3)9-16-15/h8-9,13H,4-7,10-11H2,1-3H3. The Morgan fingerprint density at radius 3 is 2.81 bits per heavy atom. The molecule has 0 spiro atoms. The third-order valence-corrected chi connectivity index (χ3v) is 4.18. The lowest BCUT2D eigenvalue weighted by molar-refractivity contribution is -0.384. The van der Waals surface area contributed by atoms with E-state index in [1.165, 1.54) is 0 Å². The summed E-state index contributed by atoms with van der Waals surface area (Å²) in [5.74, 6) is 1.08. The second-order valence-corrected chi connectivity index (χ2v) is 5.70. The van der Waals surface area contributed by atoms with E-state index < -0.39 is 0 Å². The highest BCUT2D eigenvalue weighted by atomic mass is 16.6. The SMILES string of the molecule is CCN(CC)CC1CCN(c2ncc(C)cc2[N+](=O)[O-])C1. The molecule has 2 rings (SSSR count).